The third kappa shape index (κ3) is 13.5. The second-order valence-corrected chi connectivity index (χ2v) is 12.0. The average Bonchev–Trinajstić information content (AvgIpc) is 2.85. The van der Waals surface area contributed by atoms with Gasteiger partial charge in [-0.15, -0.1) is 0 Å². The van der Waals surface area contributed by atoms with Crippen molar-refractivity contribution in [3.8, 4) is 0 Å². The summed E-state index contributed by atoms with van der Waals surface area (Å²) in [7, 11) is -4.53. The van der Waals surface area contributed by atoms with Crippen molar-refractivity contribution in [3.05, 3.63) is 41.5 Å². The number of fused-ring (bicyclic) bond motifs is 1. The Balaban J connectivity index is 0.00000684. The van der Waals surface area contributed by atoms with Gasteiger partial charge < -0.3 is 4.55 Å². The Hall–Kier alpha value is -0.390. The van der Waals surface area contributed by atoms with Crippen molar-refractivity contribution in [3.63, 3.8) is 0 Å². The fourth-order valence-electron chi connectivity index (χ4n) is 5.43. The van der Waals surface area contributed by atoms with Gasteiger partial charge in [0.25, 0.3) is 0 Å². The zero-order valence-electron chi connectivity index (χ0n) is 24.2. The van der Waals surface area contributed by atoms with E-state index in [0.29, 0.717) is 11.8 Å². The van der Waals surface area contributed by atoms with E-state index >= 15 is 0 Å². The summed E-state index contributed by atoms with van der Waals surface area (Å²) in [5, 5.41) is 1.55. The van der Waals surface area contributed by atoms with Gasteiger partial charge in [-0.3, -0.25) is 0 Å². The van der Waals surface area contributed by atoms with Gasteiger partial charge in [0.15, 0.2) is 0 Å². The molecule has 0 unspecified atom stereocenters. The smallest absolute Gasteiger partial charge is 0.744 e. The van der Waals surface area contributed by atoms with Crippen molar-refractivity contribution in [1.29, 1.82) is 0 Å². The van der Waals surface area contributed by atoms with Crippen molar-refractivity contribution >= 4 is 20.9 Å². The first-order valence-electron chi connectivity index (χ1n) is 15.0. The molecule has 2 rings (SSSR count). The van der Waals surface area contributed by atoms with E-state index in [1.165, 1.54) is 102 Å². The van der Waals surface area contributed by atoms with Gasteiger partial charge >= 0.3 is 29.6 Å². The first-order chi connectivity index (χ1) is 17.5. The summed E-state index contributed by atoms with van der Waals surface area (Å²) in [4.78, 5) is 0.0218. The Morgan fingerprint density at radius 3 is 1.38 bits per heavy atom. The summed E-state index contributed by atoms with van der Waals surface area (Å²) in [6.07, 6.45) is 24.2. The maximum Gasteiger partial charge on any atom is 1.00 e. The molecule has 2 aromatic carbocycles. The molecule has 0 atom stereocenters. The van der Waals surface area contributed by atoms with E-state index < -0.39 is 10.1 Å². The van der Waals surface area contributed by atoms with Gasteiger partial charge in [0.05, 0.1) is 4.90 Å². The maximum absolute atomic E-state index is 12.3. The molecule has 2 aromatic rings. The van der Waals surface area contributed by atoms with E-state index in [1.54, 1.807) is 0 Å². The maximum atomic E-state index is 12.3. The van der Waals surface area contributed by atoms with Crippen LogP contribution >= 0.6 is 0 Å². The molecule has 0 N–H and O–H groups in total. The Kier molecular flexibility index (Phi) is 19.2. The molecule has 0 aliphatic carbocycles. The zero-order chi connectivity index (χ0) is 26.1. The number of unbranched alkanes of at least 4 members (excludes halogenated alkanes) is 16. The Labute approximate surface area is 250 Å². The molecule has 204 valence electrons. The van der Waals surface area contributed by atoms with Crippen molar-refractivity contribution in [2.75, 3.05) is 0 Å². The number of aryl methyl sites for hydroxylation is 2. The van der Waals surface area contributed by atoms with E-state index in [9.17, 15) is 13.0 Å². The topological polar surface area (TPSA) is 57.2 Å². The molecule has 3 nitrogen and oxygen atoms in total. The molecule has 0 spiro atoms. The number of hydrogen-bond acceptors (Lipinski definition) is 3. The van der Waals surface area contributed by atoms with Crippen LogP contribution in [0.4, 0.5) is 0 Å². The van der Waals surface area contributed by atoms with Crippen LogP contribution in [0.1, 0.15) is 141 Å². The predicted molar refractivity (Wildman–Crippen MR) is 154 cm³/mol. The molecule has 0 aromatic heterocycles. The van der Waals surface area contributed by atoms with Gasteiger partial charge in [0, 0.05) is 0 Å². The average molecular weight is 539 g/mol. The van der Waals surface area contributed by atoms with E-state index in [2.05, 4.69) is 13.8 Å². The van der Waals surface area contributed by atoms with Crippen molar-refractivity contribution in [2.24, 2.45) is 0 Å². The predicted octanol–water partition coefficient (Wildman–Crippen LogP) is 6.89. The molecule has 0 saturated heterocycles. The Bertz CT molecular complexity index is 971. The normalized spacial score (nSPS) is 11.6. The van der Waals surface area contributed by atoms with Crippen LogP contribution < -0.4 is 29.6 Å². The van der Waals surface area contributed by atoms with Crippen LogP contribution in [-0.2, 0) is 23.0 Å². The van der Waals surface area contributed by atoms with Crippen LogP contribution in [0, 0.1) is 0 Å². The van der Waals surface area contributed by atoms with Crippen molar-refractivity contribution in [2.45, 2.75) is 147 Å². The van der Waals surface area contributed by atoms with Crippen molar-refractivity contribution < 1.29 is 42.5 Å². The number of benzene rings is 2. The van der Waals surface area contributed by atoms with E-state index in [1.807, 2.05) is 30.3 Å². The third-order valence-corrected chi connectivity index (χ3v) is 8.49. The first-order valence-corrected chi connectivity index (χ1v) is 16.4. The van der Waals surface area contributed by atoms with Crippen LogP contribution in [0.15, 0.2) is 35.2 Å². The molecule has 0 aliphatic rings. The SMILES string of the molecule is CCCCCCCCCCCc1cc(CCCCCCCCCCC)c2ccccc2c1S(=O)(=O)[O-].[Na+]. The first kappa shape index (κ1) is 34.6. The molecule has 5 heteroatoms. The second kappa shape index (κ2) is 20.5. The van der Waals surface area contributed by atoms with Crippen LogP contribution in [0.25, 0.3) is 10.8 Å². The molecule has 0 radical (unpaired) electrons. The van der Waals surface area contributed by atoms with E-state index in [-0.39, 0.29) is 34.5 Å². The zero-order valence-corrected chi connectivity index (χ0v) is 27.0. The molecule has 0 bridgehead atoms. The summed E-state index contributed by atoms with van der Waals surface area (Å²) >= 11 is 0. The van der Waals surface area contributed by atoms with Gasteiger partial charge in [-0.25, -0.2) is 8.42 Å². The quantitative estimate of drug-likeness (QED) is 0.0987. The number of hydrogen-bond donors (Lipinski definition) is 0. The summed E-state index contributed by atoms with van der Waals surface area (Å²) < 4.78 is 36.9. The molecule has 0 saturated carbocycles. The van der Waals surface area contributed by atoms with E-state index in [4.69, 9.17) is 0 Å². The van der Waals surface area contributed by atoms with Gasteiger partial charge in [0.1, 0.15) is 10.1 Å². The Morgan fingerprint density at radius 2 is 0.946 bits per heavy atom. The van der Waals surface area contributed by atoms with Crippen LogP contribution in [0.5, 0.6) is 0 Å². The third-order valence-electron chi connectivity index (χ3n) is 7.51. The largest absolute Gasteiger partial charge is 1.00 e. The van der Waals surface area contributed by atoms with Crippen molar-refractivity contribution in [1.82, 2.24) is 0 Å². The molecular formula is C32H51NaO3S. The van der Waals surface area contributed by atoms with Gasteiger partial charge in [-0.05, 0) is 47.6 Å². The molecule has 0 amide bonds. The molecular weight excluding hydrogens is 487 g/mol. The van der Waals surface area contributed by atoms with Gasteiger partial charge in [0.2, 0.25) is 0 Å². The standard InChI is InChI=1S/C32H52O3S.Na/c1-3-5-7-9-11-13-15-17-19-23-28-27-29(24-20-18-16-14-12-10-8-6-4-2)32(36(33,34)35)31-26-22-21-25-30(28)31;/h21-22,25-27H,3-20,23-24H2,1-2H3,(H,33,34,35);/q;+1/p-1. The molecule has 37 heavy (non-hydrogen) atoms. The summed E-state index contributed by atoms with van der Waals surface area (Å²) in [5.41, 5.74) is 1.93. The summed E-state index contributed by atoms with van der Waals surface area (Å²) in [6.45, 7) is 4.50. The monoisotopic (exact) mass is 538 g/mol. The van der Waals surface area contributed by atoms with E-state index in [0.717, 1.165) is 36.6 Å². The summed E-state index contributed by atoms with van der Waals surface area (Å²) in [6, 6.07) is 9.64. The van der Waals surface area contributed by atoms with Crippen LogP contribution in [-0.4, -0.2) is 13.0 Å². The molecule has 0 heterocycles. The summed E-state index contributed by atoms with van der Waals surface area (Å²) in [5.74, 6) is 0. The molecule has 0 aliphatic heterocycles. The van der Waals surface area contributed by atoms with Gasteiger partial charge in [-0.2, -0.15) is 0 Å². The van der Waals surface area contributed by atoms with Gasteiger partial charge in [-0.1, -0.05) is 147 Å². The second-order valence-electron chi connectivity index (χ2n) is 10.7. The fraction of sp³-hybridized carbons (Fsp3) is 0.688. The minimum atomic E-state index is -4.53. The minimum Gasteiger partial charge on any atom is -0.744 e. The fourth-order valence-corrected chi connectivity index (χ4v) is 6.36. The van der Waals surface area contributed by atoms with Crippen LogP contribution in [0.3, 0.4) is 0 Å². The number of rotatable bonds is 21. The molecule has 0 fully saturated rings. The minimum absolute atomic E-state index is 0. The Morgan fingerprint density at radius 1 is 0.568 bits per heavy atom. The van der Waals surface area contributed by atoms with Crippen LogP contribution in [0.2, 0.25) is 0 Å².